The summed E-state index contributed by atoms with van der Waals surface area (Å²) in [6.07, 6.45) is 0.913. The third-order valence-corrected chi connectivity index (χ3v) is 5.00. The van der Waals surface area contributed by atoms with Crippen molar-refractivity contribution in [1.29, 1.82) is 0 Å². The summed E-state index contributed by atoms with van der Waals surface area (Å²) >= 11 is 0. The van der Waals surface area contributed by atoms with Crippen LogP contribution in [0.4, 0.5) is 0 Å². The Kier molecular flexibility index (Phi) is 9.49. The number of rotatable bonds is 10. The highest BCUT2D eigenvalue weighted by atomic mass is 28.4. The molecule has 0 aliphatic carbocycles. The summed E-state index contributed by atoms with van der Waals surface area (Å²) in [5.74, 6) is 0.524. The Bertz CT molecular complexity index is 439. The second-order valence-electron chi connectivity index (χ2n) is 8.10. The lowest BCUT2D eigenvalue weighted by molar-refractivity contribution is -0.139. The van der Waals surface area contributed by atoms with Gasteiger partial charge in [0.1, 0.15) is 0 Å². The Hall–Kier alpha value is -0.636. The largest absolute Gasteiger partial charge is 0.547 e. The highest BCUT2D eigenvalue weighted by Crippen LogP contribution is 2.24. The van der Waals surface area contributed by atoms with Crippen LogP contribution in [0.25, 0.3) is 0 Å². The van der Waals surface area contributed by atoms with Crippen molar-refractivity contribution in [2.45, 2.75) is 79.4 Å². The Morgan fingerprint density at radius 2 is 1.58 bits per heavy atom. The van der Waals surface area contributed by atoms with Gasteiger partial charge in [0.25, 0.3) is 0 Å². The van der Waals surface area contributed by atoms with Crippen molar-refractivity contribution in [1.82, 2.24) is 5.48 Å². The van der Waals surface area contributed by atoms with Crippen LogP contribution in [-0.4, -0.2) is 35.3 Å². The fraction of sp³-hybridized carbons (Fsp3) is 0.824. The summed E-state index contributed by atoms with van der Waals surface area (Å²) in [5.41, 5.74) is 3.70. The molecule has 0 heterocycles. The number of hydroxylamine groups is 1. The van der Waals surface area contributed by atoms with Crippen molar-refractivity contribution in [3.05, 3.63) is 11.3 Å². The molecule has 0 rings (SSSR count). The first-order valence-electron chi connectivity index (χ1n) is 8.82. The maximum absolute atomic E-state index is 12.6. The summed E-state index contributed by atoms with van der Waals surface area (Å²) in [6, 6.07) is -0.253. The van der Waals surface area contributed by atoms with E-state index in [-0.39, 0.29) is 17.9 Å². The molecule has 0 fully saturated rings. The minimum Gasteiger partial charge on any atom is -0.547 e. The third-order valence-electron chi connectivity index (χ3n) is 3.35. The van der Waals surface area contributed by atoms with Crippen LogP contribution in [0.2, 0.25) is 39.3 Å². The Morgan fingerprint density at radius 3 is 1.96 bits per heavy atom. The molecule has 0 aliphatic heterocycles. The highest BCUT2D eigenvalue weighted by molar-refractivity contribution is 6.70. The second-order valence-corrected chi connectivity index (χ2v) is 17.0. The highest BCUT2D eigenvalue weighted by Gasteiger charge is 2.32. The maximum atomic E-state index is 12.6. The predicted octanol–water partition coefficient (Wildman–Crippen LogP) is 4.45. The molecule has 0 aromatic rings. The Morgan fingerprint density at radius 1 is 1.04 bits per heavy atom. The molecule has 7 heteroatoms. The number of nitrogens with one attached hydrogen (secondary N) is 1. The number of esters is 1. The van der Waals surface area contributed by atoms with Crippen molar-refractivity contribution in [2.75, 3.05) is 6.61 Å². The van der Waals surface area contributed by atoms with Crippen molar-refractivity contribution in [3.63, 3.8) is 0 Å². The molecule has 5 nitrogen and oxygen atoms in total. The van der Waals surface area contributed by atoms with Gasteiger partial charge in [-0.25, -0.2) is 10.3 Å². The zero-order chi connectivity index (χ0) is 19.1. The van der Waals surface area contributed by atoms with Crippen LogP contribution in [0.5, 0.6) is 0 Å². The van der Waals surface area contributed by atoms with Crippen LogP contribution in [0.3, 0.4) is 0 Å². The van der Waals surface area contributed by atoms with Crippen LogP contribution in [0, 0.1) is 5.92 Å². The maximum Gasteiger partial charge on any atom is 0.339 e. The van der Waals surface area contributed by atoms with Gasteiger partial charge in [0.15, 0.2) is 0 Å². The van der Waals surface area contributed by atoms with Crippen LogP contribution < -0.4 is 5.48 Å². The smallest absolute Gasteiger partial charge is 0.339 e. The van der Waals surface area contributed by atoms with E-state index in [1.165, 1.54) is 0 Å². The van der Waals surface area contributed by atoms with Crippen molar-refractivity contribution < 1.29 is 18.5 Å². The van der Waals surface area contributed by atoms with E-state index >= 15 is 0 Å². The van der Waals surface area contributed by atoms with Gasteiger partial charge < -0.3 is 13.7 Å². The van der Waals surface area contributed by atoms with E-state index in [1.54, 1.807) is 0 Å². The molecule has 0 spiro atoms. The van der Waals surface area contributed by atoms with Crippen LogP contribution in [-0.2, 0) is 18.5 Å². The molecule has 2 atom stereocenters. The van der Waals surface area contributed by atoms with Gasteiger partial charge in [0.2, 0.25) is 16.6 Å². The van der Waals surface area contributed by atoms with E-state index < -0.39 is 16.6 Å². The molecule has 2 unspecified atom stereocenters. The summed E-state index contributed by atoms with van der Waals surface area (Å²) in [6.45, 7) is 20.8. The second kappa shape index (κ2) is 9.75. The zero-order valence-electron chi connectivity index (χ0n) is 17.2. The van der Waals surface area contributed by atoms with Crippen molar-refractivity contribution >= 4 is 22.6 Å². The van der Waals surface area contributed by atoms with Crippen molar-refractivity contribution in [3.8, 4) is 0 Å². The molecule has 1 N–H and O–H groups in total. The van der Waals surface area contributed by atoms with E-state index in [0.29, 0.717) is 17.9 Å². The Balaban J connectivity index is 5.80. The molecular formula is C17H37NO4Si2. The summed E-state index contributed by atoms with van der Waals surface area (Å²) in [4.78, 5) is 12.6. The van der Waals surface area contributed by atoms with Gasteiger partial charge in [-0.05, 0) is 59.0 Å². The molecule has 0 bridgehead atoms. The minimum atomic E-state index is -1.83. The van der Waals surface area contributed by atoms with Gasteiger partial charge in [-0.3, -0.25) is 0 Å². The standard InChI is InChI=1S/C17H37NO4Si2/c1-11-13(3)16(18-22-24(8,9)10)15(17(19)20-12-2)14(4)21-23(5,6)7/h13,16,18H,11-12H2,1-10H3/b15-14-. The van der Waals surface area contributed by atoms with Gasteiger partial charge in [0.05, 0.1) is 24.0 Å². The predicted molar refractivity (Wildman–Crippen MR) is 105 cm³/mol. The number of hydrogen-bond donors (Lipinski definition) is 1. The third kappa shape index (κ3) is 9.01. The molecule has 0 saturated carbocycles. The molecule has 0 aromatic heterocycles. The number of carbonyl (C=O) groups excluding carboxylic acids is 1. The van der Waals surface area contributed by atoms with E-state index in [2.05, 4.69) is 58.6 Å². The fourth-order valence-corrected chi connectivity index (χ4v) is 3.66. The van der Waals surface area contributed by atoms with E-state index in [4.69, 9.17) is 13.7 Å². The quantitative estimate of drug-likeness (QED) is 0.201. The molecule has 0 aliphatic rings. The van der Waals surface area contributed by atoms with Crippen LogP contribution >= 0.6 is 0 Å². The van der Waals surface area contributed by atoms with E-state index in [0.717, 1.165) is 6.42 Å². The topological polar surface area (TPSA) is 56.8 Å². The molecule has 0 aromatic carbocycles. The number of allylic oxidation sites excluding steroid dienone is 1. The number of ether oxygens (including phenoxy) is 1. The van der Waals surface area contributed by atoms with Gasteiger partial charge in [0, 0.05) is 0 Å². The molecule has 0 radical (unpaired) electrons. The Labute approximate surface area is 150 Å². The van der Waals surface area contributed by atoms with Gasteiger partial charge in [-0.15, -0.1) is 0 Å². The van der Waals surface area contributed by atoms with Crippen molar-refractivity contribution in [2.24, 2.45) is 5.92 Å². The summed E-state index contributed by atoms with van der Waals surface area (Å²) < 4.78 is 17.3. The summed E-state index contributed by atoms with van der Waals surface area (Å²) in [7, 11) is -3.61. The fourth-order valence-electron chi connectivity index (χ4n) is 2.15. The lowest BCUT2D eigenvalue weighted by Gasteiger charge is -2.31. The zero-order valence-corrected chi connectivity index (χ0v) is 19.2. The van der Waals surface area contributed by atoms with Gasteiger partial charge in [-0.2, -0.15) is 0 Å². The lowest BCUT2D eigenvalue weighted by Crippen LogP contribution is -2.46. The molecular weight excluding hydrogens is 338 g/mol. The average Bonchev–Trinajstić information content (AvgIpc) is 2.39. The van der Waals surface area contributed by atoms with Gasteiger partial charge in [-0.1, -0.05) is 20.3 Å². The number of carbonyl (C=O) groups is 1. The number of hydrogen-bond acceptors (Lipinski definition) is 5. The normalized spacial score (nSPS) is 16.2. The first kappa shape index (κ1) is 23.4. The lowest BCUT2D eigenvalue weighted by atomic mass is 9.92. The van der Waals surface area contributed by atoms with E-state index in [1.807, 2.05) is 13.8 Å². The molecule has 142 valence electrons. The molecule has 24 heavy (non-hydrogen) atoms. The molecule has 0 amide bonds. The van der Waals surface area contributed by atoms with Gasteiger partial charge >= 0.3 is 5.97 Å². The first-order valence-corrected chi connectivity index (χ1v) is 15.6. The monoisotopic (exact) mass is 375 g/mol. The van der Waals surface area contributed by atoms with E-state index in [9.17, 15) is 4.79 Å². The summed E-state index contributed by atoms with van der Waals surface area (Å²) in [5, 5.41) is 0. The first-order chi connectivity index (χ1) is 10.8. The van der Waals surface area contributed by atoms with Crippen LogP contribution in [0.1, 0.15) is 34.1 Å². The molecule has 0 saturated heterocycles. The minimum absolute atomic E-state index is 0.209. The SMILES string of the molecule is CCOC(=O)/C(=C(/C)O[Si](C)(C)C)C(NO[Si](C)(C)C)C(C)CC. The average molecular weight is 376 g/mol. The van der Waals surface area contributed by atoms with Crippen LogP contribution in [0.15, 0.2) is 11.3 Å².